The van der Waals surface area contributed by atoms with Gasteiger partial charge in [-0.1, -0.05) is 31.4 Å². The molecule has 1 N–H and O–H groups in total. The van der Waals surface area contributed by atoms with E-state index in [1.54, 1.807) is 0 Å². The van der Waals surface area contributed by atoms with Crippen molar-refractivity contribution in [1.29, 1.82) is 0 Å². The summed E-state index contributed by atoms with van der Waals surface area (Å²) in [5, 5.41) is 3.10. The fourth-order valence-electron chi connectivity index (χ4n) is 4.81. The quantitative estimate of drug-likeness (QED) is 0.348. The minimum absolute atomic E-state index is 0.175. The zero-order valence-electron chi connectivity index (χ0n) is 20.8. The van der Waals surface area contributed by atoms with Crippen LogP contribution in [0.2, 0.25) is 0 Å². The van der Waals surface area contributed by atoms with Crippen LogP contribution in [0.15, 0.2) is 60.7 Å². The Labute approximate surface area is 210 Å². The van der Waals surface area contributed by atoms with Crippen molar-refractivity contribution in [3.63, 3.8) is 0 Å². The molecule has 0 radical (unpaired) electrons. The molecule has 0 heterocycles. The molecule has 1 aliphatic carbocycles. The Kier molecular flexibility index (Phi) is 7.57. The number of nitrogens with one attached hydrogen (secondary N) is 1. The summed E-state index contributed by atoms with van der Waals surface area (Å²) in [7, 11) is 3.15. The standard InChI is InChI=1S/C29H31F3N2O2/c1-19-17-24(34(2)23-12-9-21(10-13-23)20-7-5-4-6-8-20)14-16-26(19)33-27-15-11-22(29(30,31)32)18-25(27)28(35)36-3/h9-18,20,33H,4-8H2,1-3H3. The Morgan fingerprint density at radius 2 is 1.56 bits per heavy atom. The number of hydrogen-bond acceptors (Lipinski definition) is 4. The van der Waals surface area contributed by atoms with Gasteiger partial charge in [0.05, 0.1) is 23.9 Å². The summed E-state index contributed by atoms with van der Waals surface area (Å²) in [6, 6.07) is 17.6. The molecule has 3 aromatic carbocycles. The molecule has 36 heavy (non-hydrogen) atoms. The summed E-state index contributed by atoms with van der Waals surface area (Å²) in [6.45, 7) is 1.91. The maximum atomic E-state index is 13.2. The Hall–Kier alpha value is -3.48. The number of hydrogen-bond donors (Lipinski definition) is 1. The van der Waals surface area contributed by atoms with E-state index in [9.17, 15) is 18.0 Å². The van der Waals surface area contributed by atoms with Gasteiger partial charge in [-0.2, -0.15) is 13.2 Å². The molecule has 0 bridgehead atoms. The van der Waals surface area contributed by atoms with E-state index >= 15 is 0 Å². The van der Waals surface area contributed by atoms with Crippen LogP contribution in [-0.2, 0) is 10.9 Å². The molecule has 1 aliphatic rings. The largest absolute Gasteiger partial charge is 0.465 e. The predicted molar refractivity (Wildman–Crippen MR) is 138 cm³/mol. The van der Waals surface area contributed by atoms with Crippen LogP contribution in [0.3, 0.4) is 0 Å². The van der Waals surface area contributed by atoms with E-state index in [1.165, 1.54) is 43.7 Å². The monoisotopic (exact) mass is 496 g/mol. The second-order valence-electron chi connectivity index (χ2n) is 9.36. The van der Waals surface area contributed by atoms with Crippen molar-refractivity contribution in [2.45, 2.75) is 51.1 Å². The van der Waals surface area contributed by atoms with E-state index in [0.29, 0.717) is 11.6 Å². The fraction of sp³-hybridized carbons (Fsp3) is 0.345. The van der Waals surface area contributed by atoms with E-state index in [0.717, 1.165) is 36.2 Å². The highest BCUT2D eigenvalue weighted by Crippen LogP contribution is 2.36. The van der Waals surface area contributed by atoms with Gasteiger partial charge < -0.3 is 15.0 Å². The van der Waals surface area contributed by atoms with Crippen molar-refractivity contribution < 1.29 is 22.7 Å². The average Bonchev–Trinajstić information content (AvgIpc) is 2.89. The van der Waals surface area contributed by atoms with Crippen LogP contribution in [0.1, 0.15) is 65.1 Å². The first-order valence-electron chi connectivity index (χ1n) is 12.2. The second kappa shape index (κ2) is 10.6. The number of carbonyl (C=O) groups excluding carboxylic acids is 1. The van der Waals surface area contributed by atoms with E-state index in [-0.39, 0.29) is 11.3 Å². The lowest BCUT2D eigenvalue weighted by Crippen LogP contribution is -2.12. The molecule has 4 rings (SSSR count). The number of nitrogens with zero attached hydrogens (tertiary/aromatic N) is 1. The Morgan fingerprint density at radius 1 is 0.917 bits per heavy atom. The number of alkyl halides is 3. The van der Waals surface area contributed by atoms with Gasteiger partial charge in [-0.3, -0.25) is 0 Å². The van der Waals surface area contributed by atoms with Gasteiger partial charge in [0.1, 0.15) is 0 Å². The minimum Gasteiger partial charge on any atom is -0.465 e. The van der Waals surface area contributed by atoms with E-state index in [1.807, 2.05) is 32.2 Å². The van der Waals surface area contributed by atoms with Crippen LogP contribution in [0.25, 0.3) is 0 Å². The minimum atomic E-state index is -4.56. The van der Waals surface area contributed by atoms with Gasteiger partial charge in [0, 0.05) is 24.1 Å². The van der Waals surface area contributed by atoms with Crippen LogP contribution in [0.5, 0.6) is 0 Å². The third kappa shape index (κ3) is 5.66. The third-order valence-corrected chi connectivity index (χ3v) is 6.98. The Balaban J connectivity index is 1.53. The normalized spacial score (nSPS) is 14.4. The van der Waals surface area contributed by atoms with Crippen LogP contribution in [-0.4, -0.2) is 20.1 Å². The summed E-state index contributed by atoms with van der Waals surface area (Å²) in [5.41, 5.74) is 4.19. The van der Waals surface area contributed by atoms with Crippen LogP contribution in [0, 0.1) is 6.92 Å². The van der Waals surface area contributed by atoms with Gasteiger partial charge in [0.15, 0.2) is 0 Å². The highest BCUT2D eigenvalue weighted by molar-refractivity contribution is 5.97. The van der Waals surface area contributed by atoms with Gasteiger partial charge in [-0.05, 0) is 85.3 Å². The average molecular weight is 497 g/mol. The Bertz CT molecular complexity index is 1220. The number of ether oxygens (including phenoxy) is 1. The lowest BCUT2D eigenvalue weighted by Gasteiger charge is -2.24. The van der Waals surface area contributed by atoms with Gasteiger partial charge >= 0.3 is 12.1 Å². The van der Waals surface area contributed by atoms with Crippen LogP contribution in [0.4, 0.5) is 35.9 Å². The van der Waals surface area contributed by atoms with Crippen molar-refractivity contribution in [2.24, 2.45) is 0 Å². The van der Waals surface area contributed by atoms with Gasteiger partial charge in [0.2, 0.25) is 0 Å². The first-order valence-corrected chi connectivity index (χ1v) is 12.2. The number of carbonyl (C=O) groups is 1. The lowest BCUT2D eigenvalue weighted by molar-refractivity contribution is -0.137. The van der Waals surface area contributed by atoms with E-state index in [2.05, 4.69) is 34.5 Å². The van der Waals surface area contributed by atoms with Crippen molar-refractivity contribution in [1.82, 2.24) is 0 Å². The number of rotatable bonds is 6. The maximum absolute atomic E-state index is 13.2. The van der Waals surface area contributed by atoms with Crippen LogP contribution >= 0.6 is 0 Å². The molecule has 0 unspecified atom stereocenters. The molecule has 0 saturated heterocycles. The first-order chi connectivity index (χ1) is 17.2. The van der Waals surface area contributed by atoms with Crippen molar-refractivity contribution in [2.75, 3.05) is 24.4 Å². The molecule has 3 aromatic rings. The summed E-state index contributed by atoms with van der Waals surface area (Å²) in [5.74, 6) is -0.180. The smallest absolute Gasteiger partial charge is 0.416 e. The van der Waals surface area contributed by atoms with E-state index in [4.69, 9.17) is 4.74 Å². The lowest BCUT2D eigenvalue weighted by atomic mass is 9.84. The van der Waals surface area contributed by atoms with Gasteiger partial charge in [0.25, 0.3) is 0 Å². The van der Waals surface area contributed by atoms with Gasteiger partial charge in [-0.25, -0.2) is 4.79 Å². The molecule has 1 saturated carbocycles. The van der Waals surface area contributed by atoms with Crippen molar-refractivity contribution in [3.8, 4) is 0 Å². The zero-order chi connectivity index (χ0) is 25.9. The summed E-state index contributed by atoms with van der Waals surface area (Å²) in [6.07, 6.45) is 1.92. The molecule has 0 aromatic heterocycles. The number of benzene rings is 3. The first kappa shape index (κ1) is 25.6. The number of aryl methyl sites for hydroxylation is 1. The molecule has 4 nitrogen and oxygen atoms in total. The summed E-state index contributed by atoms with van der Waals surface area (Å²) < 4.78 is 44.2. The molecular formula is C29H31F3N2O2. The second-order valence-corrected chi connectivity index (χ2v) is 9.36. The third-order valence-electron chi connectivity index (χ3n) is 6.98. The summed E-state index contributed by atoms with van der Waals surface area (Å²) >= 11 is 0. The molecule has 190 valence electrons. The molecule has 7 heteroatoms. The number of methoxy groups -OCH3 is 1. The predicted octanol–water partition coefficient (Wildman–Crippen LogP) is 8.36. The maximum Gasteiger partial charge on any atom is 0.416 e. The zero-order valence-corrected chi connectivity index (χ0v) is 20.8. The number of halogens is 3. The molecule has 0 amide bonds. The highest BCUT2D eigenvalue weighted by atomic mass is 19.4. The SMILES string of the molecule is COC(=O)c1cc(C(F)(F)F)ccc1Nc1ccc(N(C)c2ccc(C3CCCCC3)cc2)cc1C. The van der Waals surface area contributed by atoms with Crippen molar-refractivity contribution >= 4 is 28.7 Å². The number of anilines is 4. The summed E-state index contributed by atoms with van der Waals surface area (Å²) in [4.78, 5) is 14.3. The highest BCUT2D eigenvalue weighted by Gasteiger charge is 2.32. The molecule has 0 spiro atoms. The Morgan fingerprint density at radius 3 is 2.17 bits per heavy atom. The molecule has 0 aliphatic heterocycles. The molecular weight excluding hydrogens is 465 g/mol. The van der Waals surface area contributed by atoms with Crippen LogP contribution < -0.4 is 10.2 Å². The number of esters is 1. The molecule has 1 fully saturated rings. The van der Waals surface area contributed by atoms with Crippen molar-refractivity contribution in [3.05, 3.63) is 82.9 Å². The molecule has 0 atom stereocenters. The topological polar surface area (TPSA) is 41.6 Å². The fourth-order valence-corrected chi connectivity index (χ4v) is 4.81. The van der Waals surface area contributed by atoms with Gasteiger partial charge in [-0.15, -0.1) is 0 Å². The van der Waals surface area contributed by atoms with E-state index < -0.39 is 17.7 Å².